The first-order chi connectivity index (χ1) is 10.1. The third kappa shape index (κ3) is 2.44. The molecule has 1 aliphatic carbocycles. The van der Waals surface area contributed by atoms with Crippen LogP contribution in [0.4, 0.5) is 5.82 Å². The number of carboxylic acids is 1. The van der Waals surface area contributed by atoms with Gasteiger partial charge >= 0.3 is 5.97 Å². The second-order valence-corrected chi connectivity index (χ2v) is 5.43. The zero-order valence-electron chi connectivity index (χ0n) is 11.6. The van der Waals surface area contributed by atoms with Gasteiger partial charge in [-0.15, -0.1) is 0 Å². The number of piperazine rings is 1. The standard InChI is InChI=1S/C14H18N4O3/c15-12(19)9-6-8-2-1-3-10(8)17-13(9)18-5-4-16-7-11(18)14(20)21/h6,11,16H,1-5,7H2,(H2,15,19)(H,20,21). The molecule has 7 nitrogen and oxygen atoms in total. The molecule has 0 bridgehead atoms. The number of fused-ring (bicyclic) bond motifs is 1. The predicted octanol–water partition coefficient (Wildman–Crippen LogP) is -0.468. The summed E-state index contributed by atoms with van der Waals surface area (Å²) in [7, 11) is 0. The van der Waals surface area contributed by atoms with Gasteiger partial charge in [0.2, 0.25) is 0 Å². The Labute approximate surface area is 122 Å². The summed E-state index contributed by atoms with van der Waals surface area (Å²) in [6.45, 7) is 1.47. The Hall–Kier alpha value is -2.15. The molecule has 1 unspecified atom stereocenters. The zero-order valence-corrected chi connectivity index (χ0v) is 11.6. The summed E-state index contributed by atoms with van der Waals surface area (Å²) in [5.41, 5.74) is 7.80. The van der Waals surface area contributed by atoms with Gasteiger partial charge in [0.15, 0.2) is 0 Å². The van der Waals surface area contributed by atoms with Crippen LogP contribution in [-0.2, 0) is 17.6 Å². The van der Waals surface area contributed by atoms with Crippen molar-refractivity contribution < 1.29 is 14.7 Å². The van der Waals surface area contributed by atoms with Crippen LogP contribution in [0.5, 0.6) is 0 Å². The van der Waals surface area contributed by atoms with Crippen molar-refractivity contribution in [3.8, 4) is 0 Å². The first kappa shape index (κ1) is 13.8. The van der Waals surface area contributed by atoms with E-state index in [9.17, 15) is 14.7 Å². The summed E-state index contributed by atoms with van der Waals surface area (Å²) in [5, 5.41) is 12.4. The van der Waals surface area contributed by atoms with Crippen molar-refractivity contribution in [3.05, 3.63) is 22.9 Å². The molecule has 1 aliphatic heterocycles. The SMILES string of the molecule is NC(=O)c1cc2c(nc1N1CCNCC1C(=O)O)CCC2. The van der Waals surface area contributed by atoms with Gasteiger partial charge in [-0.25, -0.2) is 9.78 Å². The number of aliphatic carboxylic acids is 1. The van der Waals surface area contributed by atoms with Gasteiger partial charge < -0.3 is 21.1 Å². The lowest BCUT2D eigenvalue weighted by Gasteiger charge is -2.35. The van der Waals surface area contributed by atoms with Gasteiger partial charge in [0, 0.05) is 25.3 Å². The highest BCUT2D eigenvalue weighted by molar-refractivity contribution is 5.98. The monoisotopic (exact) mass is 290 g/mol. The number of carbonyl (C=O) groups excluding carboxylic acids is 1. The van der Waals surface area contributed by atoms with Crippen LogP contribution in [0, 0.1) is 0 Å². The van der Waals surface area contributed by atoms with Crippen molar-refractivity contribution in [3.63, 3.8) is 0 Å². The third-order valence-electron chi connectivity index (χ3n) is 4.10. The number of carbonyl (C=O) groups is 2. The van der Waals surface area contributed by atoms with Crippen LogP contribution < -0.4 is 16.0 Å². The van der Waals surface area contributed by atoms with Gasteiger partial charge in [-0.3, -0.25) is 4.79 Å². The minimum atomic E-state index is -0.931. The molecule has 7 heteroatoms. The Balaban J connectivity index is 2.07. The number of hydrogen-bond acceptors (Lipinski definition) is 5. The summed E-state index contributed by atoms with van der Waals surface area (Å²) >= 11 is 0. The Morgan fingerprint density at radius 1 is 1.43 bits per heavy atom. The molecular formula is C14H18N4O3. The number of nitrogens with one attached hydrogen (secondary N) is 1. The number of pyridine rings is 1. The first-order valence-electron chi connectivity index (χ1n) is 7.10. The fourth-order valence-corrected chi connectivity index (χ4v) is 3.04. The van der Waals surface area contributed by atoms with Gasteiger partial charge in [0.1, 0.15) is 11.9 Å². The van der Waals surface area contributed by atoms with Crippen molar-refractivity contribution in [1.29, 1.82) is 0 Å². The molecule has 1 amide bonds. The van der Waals surface area contributed by atoms with Crippen molar-refractivity contribution in [2.75, 3.05) is 24.5 Å². The van der Waals surface area contributed by atoms with Crippen molar-refractivity contribution in [2.45, 2.75) is 25.3 Å². The zero-order chi connectivity index (χ0) is 15.0. The second-order valence-electron chi connectivity index (χ2n) is 5.43. The van der Waals surface area contributed by atoms with Crippen LogP contribution in [-0.4, -0.2) is 47.6 Å². The van der Waals surface area contributed by atoms with E-state index in [0.717, 1.165) is 30.5 Å². The Kier molecular flexibility index (Phi) is 3.50. The normalized spacial score (nSPS) is 21.1. The molecule has 0 aromatic carbocycles. The molecule has 0 spiro atoms. The van der Waals surface area contributed by atoms with E-state index in [1.54, 1.807) is 11.0 Å². The van der Waals surface area contributed by atoms with E-state index in [2.05, 4.69) is 10.3 Å². The van der Waals surface area contributed by atoms with E-state index >= 15 is 0 Å². The molecule has 2 heterocycles. The lowest BCUT2D eigenvalue weighted by atomic mass is 10.1. The van der Waals surface area contributed by atoms with E-state index < -0.39 is 17.9 Å². The minimum absolute atomic E-state index is 0.323. The van der Waals surface area contributed by atoms with E-state index in [4.69, 9.17) is 5.73 Å². The van der Waals surface area contributed by atoms with Gasteiger partial charge in [0.25, 0.3) is 5.91 Å². The van der Waals surface area contributed by atoms with Crippen LogP contribution in [0.2, 0.25) is 0 Å². The van der Waals surface area contributed by atoms with E-state index in [-0.39, 0.29) is 0 Å². The maximum atomic E-state index is 11.7. The van der Waals surface area contributed by atoms with E-state index in [1.807, 2.05) is 0 Å². The number of rotatable bonds is 3. The van der Waals surface area contributed by atoms with Gasteiger partial charge in [-0.1, -0.05) is 0 Å². The molecule has 1 aromatic heterocycles. The fourth-order valence-electron chi connectivity index (χ4n) is 3.04. The van der Waals surface area contributed by atoms with Gasteiger partial charge in [0.05, 0.1) is 5.56 Å². The fraction of sp³-hybridized carbons (Fsp3) is 0.500. The van der Waals surface area contributed by atoms with Crippen LogP contribution in [0.25, 0.3) is 0 Å². The van der Waals surface area contributed by atoms with Crippen LogP contribution in [0.3, 0.4) is 0 Å². The topological polar surface area (TPSA) is 109 Å². The maximum Gasteiger partial charge on any atom is 0.327 e. The van der Waals surface area contributed by atoms with E-state index in [0.29, 0.717) is 31.0 Å². The molecule has 1 fully saturated rings. The molecule has 0 radical (unpaired) electrons. The van der Waals surface area contributed by atoms with Crippen LogP contribution in [0.1, 0.15) is 28.0 Å². The Morgan fingerprint density at radius 3 is 2.95 bits per heavy atom. The molecule has 3 rings (SSSR count). The smallest absolute Gasteiger partial charge is 0.327 e. The lowest BCUT2D eigenvalue weighted by Crippen LogP contribution is -2.55. The molecular weight excluding hydrogens is 272 g/mol. The largest absolute Gasteiger partial charge is 0.480 e. The number of primary amides is 1. The number of aromatic nitrogens is 1. The summed E-state index contributed by atoms with van der Waals surface area (Å²) in [6, 6.07) is 1.05. The second kappa shape index (κ2) is 5.33. The predicted molar refractivity (Wildman–Crippen MR) is 76.4 cm³/mol. The number of carboxylic acid groups (broad SMARTS) is 1. The highest BCUT2D eigenvalue weighted by Gasteiger charge is 2.32. The van der Waals surface area contributed by atoms with Crippen LogP contribution >= 0.6 is 0 Å². The van der Waals surface area contributed by atoms with Crippen LogP contribution in [0.15, 0.2) is 6.07 Å². The van der Waals surface area contributed by atoms with Gasteiger partial charge in [-0.05, 0) is 30.9 Å². The Bertz CT molecular complexity index is 602. The van der Waals surface area contributed by atoms with E-state index in [1.165, 1.54) is 0 Å². The molecule has 21 heavy (non-hydrogen) atoms. The highest BCUT2D eigenvalue weighted by Crippen LogP contribution is 2.28. The molecule has 0 saturated carbocycles. The number of anilines is 1. The molecule has 1 atom stereocenters. The average molecular weight is 290 g/mol. The average Bonchev–Trinajstić information content (AvgIpc) is 2.93. The summed E-state index contributed by atoms with van der Waals surface area (Å²) in [6.07, 6.45) is 2.77. The number of amides is 1. The molecule has 4 N–H and O–H groups in total. The Morgan fingerprint density at radius 2 is 2.24 bits per heavy atom. The first-order valence-corrected chi connectivity index (χ1v) is 7.10. The molecule has 1 saturated heterocycles. The summed E-state index contributed by atoms with van der Waals surface area (Å²) in [5.74, 6) is -1.08. The highest BCUT2D eigenvalue weighted by atomic mass is 16.4. The van der Waals surface area contributed by atoms with Crippen molar-refractivity contribution >= 4 is 17.7 Å². The maximum absolute atomic E-state index is 11.7. The summed E-state index contributed by atoms with van der Waals surface area (Å²) < 4.78 is 0. The lowest BCUT2D eigenvalue weighted by molar-refractivity contribution is -0.138. The van der Waals surface area contributed by atoms with Gasteiger partial charge in [-0.2, -0.15) is 0 Å². The molecule has 1 aromatic rings. The summed E-state index contributed by atoms with van der Waals surface area (Å²) in [4.78, 5) is 29.4. The molecule has 112 valence electrons. The quantitative estimate of drug-likeness (QED) is 0.694. The third-order valence-corrected chi connectivity index (χ3v) is 4.10. The number of aryl methyl sites for hydroxylation is 2. The van der Waals surface area contributed by atoms with Crippen molar-refractivity contribution in [2.24, 2.45) is 5.73 Å². The number of nitrogens with zero attached hydrogens (tertiary/aromatic N) is 2. The minimum Gasteiger partial charge on any atom is -0.480 e. The molecule has 2 aliphatic rings. The number of hydrogen-bond donors (Lipinski definition) is 3. The number of nitrogens with two attached hydrogens (primary N) is 1. The van der Waals surface area contributed by atoms with Crippen molar-refractivity contribution in [1.82, 2.24) is 10.3 Å².